The van der Waals surface area contributed by atoms with Gasteiger partial charge in [0.05, 0.1) is 5.69 Å². The van der Waals surface area contributed by atoms with Gasteiger partial charge in [-0.15, -0.1) is 10.2 Å². The van der Waals surface area contributed by atoms with Crippen LogP contribution < -0.4 is 4.74 Å². The van der Waals surface area contributed by atoms with Crippen LogP contribution in [0.2, 0.25) is 5.15 Å². The zero-order chi connectivity index (χ0) is 12.4. The van der Waals surface area contributed by atoms with Crippen LogP contribution in [0.15, 0.2) is 18.3 Å². The van der Waals surface area contributed by atoms with Crippen molar-refractivity contribution in [3.63, 3.8) is 0 Å². The Balaban J connectivity index is 2.38. The molecule has 2 aromatic rings. The molecule has 2 rings (SSSR count). The Morgan fingerprint density at radius 2 is 1.88 bits per heavy atom. The Morgan fingerprint density at radius 1 is 1.12 bits per heavy atom. The first kappa shape index (κ1) is 11.8. The summed E-state index contributed by atoms with van der Waals surface area (Å²) >= 11 is 5.88. The standard InChI is InChI=1S/C12H12ClN3O/c1-7-8(2)12(16-15-11(7)13)17-10-5-4-6-14-9(10)3/h4-6H,1-3H3. The van der Waals surface area contributed by atoms with Crippen molar-refractivity contribution in [3.05, 3.63) is 40.3 Å². The first-order chi connectivity index (χ1) is 8.09. The molecule has 88 valence electrons. The van der Waals surface area contributed by atoms with Crippen LogP contribution >= 0.6 is 11.6 Å². The molecule has 0 atom stereocenters. The van der Waals surface area contributed by atoms with E-state index in [9.17, 15) is 0 Å². The number of halogens is 1. The number of ether oxygens (including phenoxy) is 1. The van der Waals surface area contributed by atoms with Crippen LogP contribution in [0.4, 0.5) is 0 Å². The van der Waals surface area contributed by atoms with E-state index in [1.54, 1.807) is 6.20 Å². The lowest BCUT2D eigenvalue weighted by Crippen LogP contribution is -1.99. The highest BCUT2D eigenvalue weighted by Gasteiger charge is 2.11. The second kappa shape index (κ2) is 4.67. The average Bonchev–Trinajstić information content (AvgIpc) is 2.32. The molecular formula is C12H12ClN3O. The predicted molar refractivity (Wildman–Crippen MR) is 65.6 cm³/mol. The van der Waals surface area contributed by atoms with Gasteiger partial charge in [0.25, 0.3) is 0 Å². The van der Waals surface area contributed by atoms with Gasteiger partial charge in [0.15, 0.2) is 10.9 Å². The summed E-state index contributed by atoms with van der Waals surface area (Å²) in [6.07, 6.45) is 1.72. The molecule has 0 N–H and O–H groups in total. The topological polar surface area (TPSA) is 47.9 Å². The largest absolute Gasteiger partial charge is 0.435 e. The second-order valence-electron chi connectivity index (χ2n) is 3.73. The zero-order valence-corrected chi connectivity index (χ0v) is 10.6. The third-order valence-corrected chi connectivity index (χ3v) is 2.95. The van der Waals surface area contributed by atoms with Gasteiger partial charge in [-0.2, -0.15) is 0 Å². The van der Waals surface area contributed by atoms with Crippen LogP contribution in [0, 0.1) is 20.8 Å². The molecule has 4 nitrogen and oxygen atoms in total. The van der Waals surface area contributed by atoms with Crippen LogP contribution in [0.5, 0.6) is 11.6 Å². The van der Waals surface area contributed by atoms with Crippen LogP contribution in [0.3, 0.4) is 0 Å². The lowest BCUT2D eigenvalue weighted by Gasteiger charge is -2.10. The minimum Gasteiger partial charge on any atom is -0.435 e. The molecule has 0 aliphatic heterocycles. The summed E-state index contributed by atoms with van der Waals surface area (Å²) in [6.45, 7) is 5.66. The Bertz CT molecular complexity index is 557. The fraction of sp³-hybridized carbons (Fsp3) is 0.250. The van der Waals surface area contributed by atoms with Crippen molar-refractivity contribution in [1.29, 1.82) is 0 Å². The summed E-state index contributed by atoms with van der Waals surface area (Å²) in [5.41, 5.74) is 2.56. The maximum atomic E-state index is 5.88. The summed E-state index contributed by atoms with van der Waals surface area (Å²) in [5, 5.41) is 8.18. The molecule has 0 spiro atoms. The number of nitrogens with zero attached hydrogens (tertiary/aromatic N) is 3. The molecule has 0 fully saturated rings. The molecule has 2 heterocycles. The van der Waals surface area contributed by atoms with Crippen LogP contribution in [-0.4, -0.2) is 15.2 Å². The van der Waals surface area contributed by atoms with Gasteiger partial charge >= 0.3 is 0 Å². The highest BCUT2D eigenvalue weighted by molar-refractivity contribution is 6.30. The number of pyridine rings is 1. The maximum absolute atomic E-state index is 5.88. The normalized spacial score (nSPS) is 10.4. The van der Waals surface area contributed by atoms with Gasteiger partial charge in [-0.1, -0.05) is 11.6 Å². The smallest absolute Gasteiger partial charge is 0.242 e. The van der Waals surface area contributed by atoms with Gasteiger partial charge in [0, 0.05) is 11.8 Å². The molecule has 0 bridgehead atoms. The molecule has 0 saturated carbocycles. The SMILES string of the molecule is Cc1ncccc1Oc1nnc(Cl)c(C)c1C. The number of hydrogen-bond acceptors (Lipinski definition) is 4. The lowest BCUT2D eigenvalue weighted by atomic mass is 10.2. The summed E-state index contributed by atoms with van der Waals surface area (Å²) < 4.78 is 5.68. The van der Waals surface area contributed by atoms with Crippen molar-refractivity contribution < 1.29 is 4.74 Å². The van der Waals surface area contributed by atoms with Crippen molar-refractivity contribution in [2.45, 2.75) is 20.8 Å². The molecule has 17 heavy (non-hydrogen) atoms. The second-order valence-corrected chi connectivity index (χ2v) is 4.09. The molecule has 2 aromatic heterocycles. The van der Waals surface area contributed by atoms with Gasteiger partial charge in [-0.25, -0.2) is 0 Å². The molecule has 0 amide bonds. The zero-order valence-electron chi connectivity index (χ0n) is 9.86. The number of aromatic nitrogens is 3. The molecule has 5 heteroatoms. The van der Waals surface area contributed by atoms with Crippen molar-refractivity contribution in [3.8, 4) is 11.6 Å². The lowest BCUT2D eigenvalue weighted by molar-refractivity contribution is 0.444. The van der Waals surface area contributed by atoms with Crippen LogP contribution in [0.25, 0.3) is 0 Å². The molecule has 0 unspecified atom stereocenters. The van der Waals surface area contributed by atoms with Crippen molar-refractivity contribution in [2.75, 3.05) is 0 Å². The monoisotopic (exact) mass is 249 g/mol. The highest BCUT2D eigenvalue weighted by Crippen LogP contribution is 2.27. The molecule has 0 aliphatic rings. The summed E-state index contributed by atoms with van der Waals surface area (Å²) in [5.74, 6) is 1.13. The van der Waals surface area contributed by atoms with E-state index in [2.05, 4.69) is 15.2 Å². The van der Waals surface area contributed by atoms with Crippen molar-refractivity contribution >= 4 is 11.6 Å². The van der Waals surface area contributed by atoms with Gasteiger partial charge in [-0.3, -0.25) is 4.98 Å². The fourth-order valence-corrected chi connectivity index (χ4v) is 1.51. The van der Waals surface area contributed by atoms with E-state index < -0.39 is 0 Å². The first-order valence-electron chi connectivity index (χ1n) is 5.18. The summed E-state index contributed by atoms with van der Waals surface area (Å²) in [7, 11) is 0. The summed E-state index contributed by atoms with van der Waals surface area (Å²) in [6, 6.07) is 3.65. The van der Waals surface area contributed by atoms with E-state index in [1.165, 1.54) is 0 Å². The van der Waals surface area contributed by atoms with Crippen LogP contribution in [0.1, 0.15) is 16.8 Å². The first-order valence-corrected chi connectivity index (χ1v) is 5.56. The van der Waals surface area contributed by atoms with Crippen molar-refractivity contribution in [1.82, 2.24) is 15.2 Å². The third kappa shape index (κ3) is 2.36. The Hall–Kier alpha value is -1.68. The fourth-order valence-electron chi connectivity index (χ4n) is 1.33. The minimum atomic E-state index is 0.401. The number of hydrogen-bond donors (Lipinski definition) is 0. The van der Waals surface area contributed by atoms with Gasteiger partial charge in [0.2, 0.25) is 5.88 Å². The summed E-state index contributed by atoms with van der Waals surface area (Å²) in [4.78, 5) is 4.15. The van der Waals surface area contributed by atoms with E-state index in [-0.39, 0.29) is 0 Å². The van der Waals surface area contributed by atoms with Gasteiger partial charge < -0.3 is 4.74 Å². The van der Waals surface area contributed by atoms with E-state index in [1.807, 2.05) is 32.9 Å². The maximum Gasteiger partial charge on any atom is 0.242 e. The quantitative estimate of drug-likeness (QED) is 0.820. The van der Waals surface area contributed by atoms with Gasteiger partial charge in [-0.05, 0) is 38.5 Å². The minimum absolute atomic E-state index is 0.401. The molecular weight excluding hydrogens is 238 g/mol. The molecule has 0 aromatic carbocycles. The Labute approximate surface area is 105 Å². The molecule has 0 radical (unpaired) electrons. The van der Waals surface area contributed by atoms with Gasteiger partial charge in [0.1, 0.15) is 0 Å². The van der Waals surface area contributed by atoms with Crippen molar-refractivity contribution in [2.24, 2.45) is 0 Å². The van der Waals surface area contributed by atoms with E-state index in [4.69, 9.17) is 16.3 Å². The number of aryl methyl sites for hydroxylation is 1. The Kier molecular flexibility index (Phi) is 3.24. The third-order valence-electron chi connectivity index (χ3n) is 2.59. The van der Waals surface area contributed by atoms with E-state index in [0.717, 1.165) is 16.8 Å². The highest BCUT2D eigenvalue weighted by atomic mass is 35.5. The average molecular weight is 250 g/mol. The van der Waals surface area contributed by atoms with E-state index in [0.29, 0.717) is 16.8 Å². The Morgan fingerprint density at radius 3 is 2.59 bits per heavy atom. The molecule has 0 saturated heterocycles. The number of rotatable bonds is 2. The van der Waals surface area contributed by atoms with E-state index >= 15 is 0 Å². The molecule has 0 aliphatic carbocycles. The van der Waals surface area contributed by atoms with Crippen LogP contribution in [-0.2, 0) is 0 Å². The predicted octanol–water partition coefficient (Wildman–Crippen LogP) is 3.24.